The molecular formula is C20H19N3O3. The van der Waals surface area contributed by atoms with Crippen molar-refractivity contribution in [1.29, 1.82) is 0 Å². The fraction of sp³-hybridized carbons (Fsp3) is 0.200. The molecule has 0 aliphatic rings. The van der Waals surface area contributed by atoms with Crippen LogP contribution < -0.4 is 10.1 Å². The summed E-state index contributed by atoms with van der Waals surface area (Å²) in [4.78, 5) is 20.0. The van der Waals surface area contributed by atoms with Crippen LogP contribution in [0.25, 0.3) is 22.0 Å². The molecule has 132 valence electrons. The number of aromatic amines is 1. The van der Waals surface area contributed by atoms with E-state index in [-0.39, 0.29) is 12.3 Å². The fourth-order valence-corrected chi connectivity index (χ4v) is 3.01. The van der Waals surface area contributed by atoms with Gasteiger partial charge in [0.2, 0.25) is 5.91 Å². The molecule has 0 fully saturated rings. The second-order valence-corrected chi connectivity index (χ2v) is 6.10. The molecule has 0 atom stereocenters. The van der Waals surface area contributed by atoms with Crippen LogP contribution in [0.2, 0.25) is 0 Å². The number of amides is 1. The molecule has 0 saturated carbocycles. The standard InChI is InChI=1S/C20H19N3O3/c1-25-14-6-7-15-13(12-26-18(15)11-14)10-20(24)21-9-8-19-22-16-4-2-3-5-17(16)23-19/h2-7,11-12H,8-10H2,1H3,(H,21,24)(H,22,23). The first kappa shape index (κ1) is 16.2. The number of hydrogen-bond donors (Lipinski definition) is 2. The highest BCUT2D eigenvalue weighted by Crippen LogP contribution is 2.25. The van der Waals surface area contributed by atoms with Gasteiger partial charge in [-0.15, -0.1) is 0 Å². The van der Waals surface area contributed by atoms with Gasteiger partial charge in [0, 0.05) is 30.0 Å². The molecule has 2 heterocycles. The number of benzene rings is 2. The Kier molecular flexibility index (Phi) is 4.31. The zero-order valence-electron chi connectivity index (χ0n) is 14.4. The Labute approximate surface area is 150 Å². The molecule has 4 aromatic rings. The zero-order chi connectivity index (χ0) is 17.9. The van der Waals surface area contributed by atoms with E-state index in [9.17, 15) is 4.79 Å². The third kappa shape index (κ3) is 3.26. The lowest BCUT2D eigenvalue weighted by atomic mass is 10.1. The van der Waals surface area contributed by atoms with Crippen molar-refractivity contribution in [2.24, 2.45) is 0 Å². The van der Waals surface area contributed by atoms with Crippen molar-refractivity contribution in [3.05, 3.63) is 60.1 Å². The number of hydrogen-bond acceptors (Lipinski definition) is 4. The number of ether oxygens (including phenoxy) is 1. The van der Waals surface area contributed by atoms with E-state index in [0.717, 1.165) is 39.1 Å². The lowest BCUT2D eigenvalue weighted by Crippen LogP contribution is -2.27. The number of para-hydroxylation sites is 2. The number of aromatic nitrogens is 2. The highest BCUT2D eigenvalue weighted by atomic mass is 16.5. The number of carbonyl (C=O) groups excluding carboxylic acids is 1. The maximum atomic E-state index is 12.2. The summed E-state index contributed by atoms with van der Waals surface area (Å²) in [5, 5.41) is 3.86. The van der Waals surface area contributed by atoms with E-state index in [4.69, 9.17) is 9.15 Å². The second kappa shape index (κ2) is 6.92. The van der Waals surface area contributed by atoms with Crippen LogP contribution in [-0.4, -0.2) is 29.5 Å². The molecule has 1 amide bonds. The highest BCUT2D eigenvalue weighted by molar-refractivity contribution is 5.88. The molecule has 6 heteroatoms. The third-order valence-electron chi connectivity index (χ3n) is 4.34. The van der Waals surface area contributed by atoms with E-state index in [1.54, 1.807) is 13.4 Å². The molecule has 4 rings (SSSR count). The van der Waals surface area contributed by atoms with Gasteiger partial charge in [0.15, 0.2) is 0 Å². The van der Waals surface area contributed by atoms with Crippen LogP contribution in [0.4, 0.5) is 0 Å². The summed E-state index contributed by atoms with van der Waals surface area (Å²) < 4.78 is 10.7. The maximum Gasteiger partial charge on any atom is 0.224 e. The summed E-state index contributed by atoms with van der Waals surface area (Å²) in [5.74, 6) is 1.56. The van der Waals surface area contributed by atoms with Crippen molar-refractivity contribution in [3.8, 4) is 5.75 Å². The smallest absolute Gasteiger partial charge is 0.224 e. The molecule has 0 bridgehead atoms. The Balaban J connectivity index is 1.35. The van der Waals surface area contributed by atoms with Crippen LogP contribution in [0.15, 0.2) is 53.1 Å². The molecule has 0 aliphatic heterocycles. The second-order valence-electron chi connectivity index (χ2n) is 6.10. The summed E-state index contributed by atoms with van der Waals surface area (Å²) in [5.41, 5.74) is 3.53. The molecule has 2 N–H and O–H groups in total. The van der Waals surface area contributed by atoms with Gasteiger partial charge in [0.1, 0.15) is 17.2 Å². The fourth-order valence-electron chi connectivity index (χ4n) is 3.01. The first-order valence-electron chi connectivity index (χ1n) is 8.47. The van der Waals surface area contributed by atoms with E-state index in [0.29, 0.717) is 13.0 Å². The zero-order valence-corrected chi connectivity index (χ0v) is 14.4. The minimum atomic E-state index is -0.0420. The van der Waals surface area contributed by atoms with Gasteiger partial charge in [-0.2, -0.15) is 0 Å². The van der Waals surface area contributed by atoms with Crippen molar-refractivity contribution < 1.29 is 13.9 Å². The van der Waals surface area contributed by atoms with E-state index >= 15 is 0 Å². The van der Waals surface area contributed by atoms with Crippen molar-refractivity contribution in [3.63, 3.8) is 0 Å². The number of nitrogens with one attached hydrogen (secondary N) is 2. The van der Waals surface area contributed by atoms with Gasteiger partial charge < -0.3 is 19.5 Å². The molecule has 0 aliphatic carbocycles. The lowest BCUT2D eigenvalue weighted by molar-refractivity contribution is -0.120. The third-order valence-corrected chi connectivity index (χ3v) is 4.34. The number of H-pyrrole nitrogens is 1. The Morgan fingerprint density at radius 2 is 2.15 bits per heavy atom. The Morgan fingerprint density at radius 3 is 3.00 bits per heavy atom. The van der Waals surface area contributed by atoms with Gasteiger partial charge >= 0.3 is 0 Å². The number of rotatable bonds is 6. The topological polar surface area (TPSA) is 80.1 Å². The molecule has 6 nitrogen and oxygen atoms in total. The summed E-state index contributed by atoms with van der Waals surface area (Å²) in [7, 11) is 1.61. The van der Waals surface area contributed by atoms with Crippen LogP contribution >= 0.6 is 0 Å². The number of fused-ring (bicyclic) bond motifs is 2. The monoisotopic (exact) mass is 349 g/mol. The van der Waals surface area contributed by atoms with Crippen molar-refractivity contribution in [1.82, 2.24) is 15.3 Å². The van der Waals surface area contributed by atoms with Crippen LogP contribution in [0.1, 0.15) is 11.4 Å². The summed E-state index contributed by atoms with van der Waals surface area (Å²) in [6, 6.07) is 13.5. The van der Waals surface area contributed by atoms with Gasteiger partial charge in [-0.1, -0.05) is 12.1 Å². The number of methoxy groups -OCH3 is 1. The number of nitrogens with zero attached hydrogens (tertiary/aromatic N) is 1. The molecule has 0 unspecified atom stereocenters. The van der Waals surface area contributed by atoms with Crippen LogP contribution in [0.5, 0.6) is 5.75 Å². The highest BCUT2D eigenvalue weighted by Gasteiger charge is 2.11. The predicted octanol–water partition coefficient (Wildman–Crippen LogP) is 3.22. The Morgan fingerprint density at radius 1 is 1.27 bits per heavy atom. The first-order chi connectivity index (χ1) is 12.7. The van der Waals surface area contributed by atoms with Crippen molar-refractivity contribution >= 4 is 27.9 Å². The Bertz CT molecular complexity index is 1030. The summed E-state index contributed by atoms with van der Waals surface area (Å²) >= 11 is 0. The molecular weight excluding hydrogens is 330 g/mol. The first-order valence-corrected chi connectivity index (χ1v) is 8.47. The van der Waals surface area contributed by atoms with Gasteiger partial charge in [-0.25, -0.2) is 4.98 Å². The van der Waals surface area contributed by atoms with Crippen LogP contribution in [-0.2, 0) is 17.6 Å². The normalized spacial score (nSPS) is 11.1. The van der Waals surface area contributed by atoms with E-state index in [1.165, 1.54) is 0 Å². The van der Waals surface area contributed by atoms with Crippen LogP contribution in [0, 0.1) is 0 Å². The average Bonchev–Trinajstić information content (AvgIpc) is 3.25. The van der Waals surface area contributed by atoms with Crippen molar-refractivity contribution in [2.75, 3.05) is 13.7 Å². The van der Waals surface area contributed by atoms with E-state index < -0.39 is 0 Å². The van der Waals surface area contributed by atoms with Gasteiger partial charge in [-0.3, -0.25) is 4.79 Å². The molecule has 2 aromatic carbocycles. The minimum Gasteiger partial charge on any atom is -0.497 e. The number of imidazole rings is 1. The van der Waals surface area contributed by atoms with Gasteiger partial charge in [0.05, 0.1) is 30.8 Å². The molecule has 0 radical (unpaired) electrons. The molecule has 0 spiro atoms. The lowest BCUT2D eigenvalue weighted by Gasteiger charge is -2.03. The molecule has 0 saturated heterocycles. The van der Waals surface area contributed by atoms with E-state index in [2.05, 4.69) is 15.3 Å². The number of furan rings is 1. The average molecular weight is 349 g/mol. The SMILES string of the molecule is COc1ccc2c(CC(=O)NCCc3nc4ccccc4[nH]3)coc2c1. The predicted molar refractivity (Wildman–Crippen MR) is 99.3 cm³/mol. The van der Waals surface area contributed by atoms with Crippen LogP contribution in [0.3, 0.4) is 0 Å². The summed E-state index contributed by atoms with van der Waals surface area (Å²) in [6.07, 6.45) is 2.56. The number of carbonyl (C=O) groups is 1. The van der Waals surface area contributed by atoms with Gasteiger partial charge in [0.25, 0.3) is 0 Å². The molecule has 2 aromatic heterocycles. The largest absolute Gasteiger partial charge is 0.497 e. The van der Waals surface area contributed by atoms with Crippen molar-refractivity contribution in [2.45, 2.75) is 12.8 Å². The Hall–Kier alpha value is -3.28. The minimum absolute atomic E-state index is 0.0420. The molecule has 26 heavy (non-hydrogen) atoms. The maximum absolute atomic E-state index is 12.2. The quantitative estimate of drug-likeness (QED) is 0.560. The van der Waals surface area contributed by atoms with Gasteiger partial charge in [-0.05, 0) is 24.3 Å². The summed E-state index contributed by atoms with van der Waals surface area (Å²) in [6.45, 7) is 0.530. The van der Waals surface area contributed by atoms with E-state index in [1.807, 2.05) is 42.5 Å².